The Morgan fingerprint density at radius 3 is 2.68 bits per heavy atom. The lowest BCUT2D eigenvalue weighted by molar-refractivity contribution is 0.207. The molecule has 3 nitrogen and oxygen atoms in total. The first-order valence-electron chi connectivity index (χ1n) is 7.92. The molecule has 1 N–H and O–H groups in total. The van der Waals surface area contributed by atoms with Crippen LogP contribution in [-0.4, -0.2) is 23.2 Å². The van der Waals surface area contributed by atoms with Gasteiger partial charge in [0.2, 0.25) is 0 Å². The van der Waals surface area contributed by atoms with E-state index in [4.69, 9.17) is 11.6 Å². The van der Waals surface area contributed by atoms with E-state index in [2.05, 4.69) is 5.32 Å². The van der Waals surface area contributed by atoms with Crippen LogP contribution in [0.1, 0.15) is 24.4 Å². The Hall–Kier alpha value is -1.79. The number of anilines is 1. The van der Waals surface area contributed by atoms with E-state index in [1.807, 2.05) is 18.2 Å². The standard InChI is InChI=1S/C18H17ClF2N2OS/c19-13-7-2-1-6-12(13)15-9-5-11-23(15)18(24)22-14-8-3-4-10-16(14)25-17(20)21/h1-4,6-8,10,15,17H,5,9,11H2,(H,22,24)/t15-/m1/s1. The molecule has 1 fully saturated rings. The van der Waals surface area contributed by atoms with Gasteiger partial charge in [-0.05, 0) is 36.6 Å². The summed E-state index contributed by atoms with van der Waals surface area (Å²) in [6.07, 6.45) is 1.70. The molecule has 0 saturated carbocycles. The lowest BCUT2D eigenvalue weighted by Crippen LogP contribution is -2.34. The number of nitrogens with one attached hydrogen (secondary N) is 1. The Morgan fingerprint density at radius 2 is 1.92 bits per heavy atom. The van der Waals surface area contributed by atoms with Crippen LogP contribution in [0.25, 0.3) is 0 Å². The molecule has 0 spiro atoms. The molecule has 7 heteroatoms. The lowest BCUT2D eigenvalue weighted by atomic mass is 10.0. The van der Waals surface area contributed by atoms with Crippen LogP contribution in [-0.2, 0) is 0 Å². The summed E-state index contributed by atoms with van der Waals surface area (Å²) < 4.78 is 25.4. The molecule has 132 valence electrons. The van der Waals surface area contributed by atoms with Gasteiger partial charge in [-0.25, -0.2) is 4.79 Å². The number of hydrogen-bond donors (Lipinski definition) is 1. The van der Waals surface area contributed by atoms with E-state index in [1.54, 1.807) is 35.2 Å². The summed E-state index contributed by atoms with van der Waals surface area (Å²) in [6.45, 7) is 0.603. The van der Waals surface area contributed by atoms with Crippen molar-refractivity contribution >= 4 is 35.1 Å². The van der Waals surface area contributed by atoms with Gasteiger partial charge < -0.3 is 10.2 Å². The maximum absolute atomic E-state index is 12.7. The summed E-state index contributed by atoms with van der Waals surface area (Å²) in [7, 11) is 0. The Kier molecular flexibility index (Phi) is 5.81. The number of amides is 2. The van der Waals surface area contributed by atoms with E-state index < -0.39 is 5.76 Å². The molecule has 0 aliphatic carbocycles. The third-order valence-corrected chi connectivity index (χ3v) is 5.25. The first-order valence-corrected chi connectivity index (χ1v) is 9.18. The quantitative estimate of drug-likeness (QED) is 0.655. The Balaban J connectivity index is 1.78. The molecule has 0 aromatic heterocycles. The predicted octanol–water partition coefficient (Wildman–Crippen LogP) is 6.02. The SMILES string of the molecule is O=C(Nc1ccccc1SC(F)F)N1CCC[C@@H]1c1ccccc1Cl. The average Bonchev–Trinajstić information content (AvgIpc) is 3.06. The molecule has 3 rings (SSSR count). The number of halogens is 3. The fraction of sp³-hybridized carbons (Fsp3) is 0.278. The van der Waals surface area contributed by atoms with Crippen molar-refractivity contribution in [3.63, 3.8) is 0 Å². The lowest BCUT2D eigenvalue weighted by Gasteiger charge is -2.26. The van der Waals surface area contributed by atoms with Gasteiger partial charge >= 0.3 is 6.03 Å². The Bertz CT molecular complexity index is 759. The first kappa shape index (κ1) is 18.0. The third kappa shape index (κ3) is 4.25. The highest BCUT2D eigenvalue weighted by atomic mass is 35.5. The zero-order chi connectivity index (χ0) is 17.8. The molecule has 2 aromatic carbocycles. The number of nitrogens with zero attached hydrogens (tertiary/aromatic N) is 1. The fourth-order valence-corrected chi connectivity index (χ4v) is 3.89. The molecule has 2 amide bonds. The summed E-state index contributed by atoms with van der Waals surface area (Å²) in [4.78, 5) is 14.8. The fourth-order valence-electron chi connectivity index (χ4n) is 3.03. The van der Waals surface area contributed by atoms with E-state index in [1.165, 1.54) is 0 Å². The van der Waals surface area contributed by atoms with Crippen LogP contribution in [0.3, 0.4) is 0 Å². The number of rotatable bonds is 4. The van der Waals surface area contributed by atoms with Gasteiger partial charge in [0.25, 0.3) is 5.76 Å². The molecule has 1 saturated heterocycles. The minimum absolute atomic E-state index is 0.108. The van der Waals surface area contributed by atoms with Crippen molar-refractivity contribution in [1.82, 2.24) is 4.90 Å². The van der Waals surface area contributed by atoms with Gasteiger partial charge in [0.05, 0.1) is 11.7 Å². The van der Waals surface area contributed by atoms with Gasteiger partial charge in [-0.2, -0.15) is 8.78 Å². The van der Waals surface area contributed by atoms with Gasteiger partial charge in [-0.1, -0.05) is 53.7 Å². The van der Waals surface area contributed by atoms with E-state index in [0.29, 0.717) is 33.9 Å². The number of benzene rings is 2. The van der Waals surface area contributed by atoms with Gasteiger partial charge in [0, 0.05) is 16.5 Å². The Morgan fingerprint density at radius 1 is 1.20 bits per heavy atom. The highest BCUT2D eigenvalue weighted by molar-refractivity contribution is 7.99. The molecule has 1 atom stereocenters. The minimum Gasteiger partial charge on any atom is -0.317 e. The maximum Gasteiger partial charge on any atom is 0.322 e. The van der Waals surface area contributed by atoms with Gasteiger partial charge in [-0.15, -0.1) is 0 Å². The number of carbonyl (C=O) groups excluding carboxylic acids is 1. The van der Waals surface area contributed by atoms with Crippen molar-refractivity contribution in [2.75, 3.05) is 11.9 Å². The number of carbonyl (C=O) groups is 1. The number of thioether (sulfide) groups is 1. The van der Waals surface area contributed by atoms with Gasteiger partial charge in [0.1, 0.15) is 0 Å². The van der Waals surface area contributed by atoms with Gasteiger partial charge in [0.15, 0.2) is 0 Å². The van der Waals surface area contributed by atoms with Gasteiger partial charge in [-0.3, -0.25) is 0 Å². The summed E-state index contributed by atoms with van der Waals surface area (Å²) >= 11 is 6.69. The van der Waals surface area contributed by atoms with Crippen molar-refractivity contribution in [1.29, 1.82) is 0 Å². The molecule has 1 heterocycles. The van der Waals surface area contributed by atoms with E-state index in [9.17, 15) is 13.6 Å². The number of alkyl halides is 2. The van der Waals surface area contributed by atoms with Crippen LogP contribution in [0, 0.1) is 0 Å². The average molecular weight is 383 g/mol. The highest BCUT2D eigenvalue weighted by Gasteiger charge is 2.31. The van der Waals surface area contributed by atoms with Crippen LogP contribution in [0.5, 0.6) is 0 Å². The van der Waals surface area contributed by atoms with Crippen LogP contribution in [0.4, 0.5) is 19.3 Å². The van der Waals surface area contributed by atoms with Crippen molar-refractivity contribution in [2.24, 2.45) is 0 Å². The molecule has 2 aromatic rings. The first-order chi connectivity index (χ1) is 12.1. The molecule has 0 bridgehead atoms. The van der Waals surface area contributed by atoms with E-state index >= 15 is 0 Å². The van der Waals surface area contributed by atoms with E-state index in [-0.39, 0.29) is 12.1 Å². The molecule has 0 unspecified atom stereocenters. The Labute approximate surface area is 154 Å². The van der Waals surface area contributed by atoms with Crippen molar-refractivity contribution in [2.45, 2.75) is 29.5 Å². The molecular formula is C18H17ClF2N2OS. The van der Waals surface area contributed by atoms with Crippen LogP contribution in [0.2, 0.25) is 5.02 Å². The van der Waals surface area contributed by atoms with Crippen molar-refractivity contribution in [3.8, 4) is 0 Å². The predicted molar refractivity (Wildman–Crippen MR) is 97.5 cm³/mol. The van der Waals surface area contributed by atoms with E-state index in [0.717, 1.165) is 18.4 Å². The van der Waals surface area contributed by atoms with Crippen LogP contribution < -0.4 is 5.32 Å². The summed E-state index contributed by atoms with van der Waals surface area (Å²) in [5.41, 5.74) is 1.30. The molecular weight excluding hydrogens is 366 g/mol. The third-order valence-electron chi connectivity index (χ3n) is 4.12. The van der Waals surface area contributed by atoms with Crippen LogP contribution in [0.15, 0.2) is 53.4 Å². The zero-order valence-corrected chi connectivity index (χ0v) is 14.9. The van der Waals surface area contributed by atoms with Crippen molar-refractivity contribution < 1.29 is 13.6 Å². The number of urea groups is 1. The van der Waals surface area contributed by atoms with Crippen molar-refractivity contribution in [3.05, 3.63) is 59.1 Å². The summed E-state index contributed by atoms with van der Waals surface area (Å²) in [5.74, 6) is -2.54. The second-order valence-corrected chi connectivity index (χ2v) is 7.12. The molecule has 25 heavy (non-hydrogen) atoms. The summed E-state index contributed by atoms with van der Waals surface area (Å²) in [5, 5.41) is 3.39. The molecule has 1 aliphatic heterocycles. The second-order valence-electron chi connectivity index (χ2n) is 5.68. The minimum atomic E-state index is -2.54. The monoisotopic (exact) mass is 382 g/mol. The second kappa shape index (κ2) is 8.06. The maximum atomic E-state index is 12.7. The zero-order valence-electron chi connectivity index (χ0n) is 13.3. The smallest absolute Gasteiger partial charge is 0.317 e. The molecule has 0 radical (unpaired) electrons. The normalized spacial score (nSPS) is 17.1. The molecule has 1 aliphatic rings. The number of hydrogen-bond acceptors (Lipinski definition) is 2. The van der Waals surface area contributed by atoms with Crippen LogP contribution >= 0.6 is 23.4 Å². The number of likely N-dealkylation sites (tertiary alicyclic amines) is 1. The summed E-state index contributed by atoms with van der Waals surface area (Å²) in [6, 6.07) is 13.6. The highest BCUT2D eigenvalue weighted by Crippen LogP contribution is 2.37. The number of para-hydroxylation sites is 1. The largest absolute Gasteiger partial charge is 0.322 e. The topological polar surface area (TPSA) is 32.3 Å².